The second-order valence-corrected chi connectivity index (χ2v) is 3.80. The average molecular weight is 224 g/mol. The first kappa shape index (κ1) is 12.8. The van der Waals surface area contributed by atoms with Gasteiger partial charge in [-0.3, -0.25) is 0 Å². The lowest BCUT2D eigenvalue weighted by Gasteiger charge is -2.25. The summed E-state index contributed by atoms with van der Waals surface area (Å²) in [6.45, 7) is 0.538. The Bertz CT molecular complexity index is 340. The molecule has 0 aliphatic carbocycles. The van der Waals surface area contributed by atoms with Gasteiger partial charge in [0.2, 0.25) is 0 Å². The number of methoxy groups -OCH3 is 2. The van der Waals surface area contributed by atoms with E-state index in [4.69, 9.17) is 15.2 Å². The summed E-state index contributed by atoms with van der Waals surface area (Å²) >= 11 is 0. The van der Waals surface area contributed by atoms with E-state index < -0.39 is 0 Å². The van der Waals surface area contributed by atoms with Gasteiger partial charge in [0.15, 0.2) is 11.5 Å². The molecule has 90 valence electrons. The predicted molar refractivity (Wildman–Crippen MR) is 65.0 cm³/mol. The topological polar surface area (TPSA) is 47.7 Å². The first-order chi connectivity index (χ1) is 7.65. The number of nitrogens with two attached hydrogens (primary N) is 1. The van der Waals surface area contributed by atoms with Gasteiger partial charge in [0, 0.05) is 12.1 Å². The lowest BCUT2D eigenvalue weighted by Crippen LogP contribution is -2.27. The minimum atomic E-state index is 0.130. The van der Waals surface area contributed by atoms with Crippen LogP contribution in [-0.2, 0) is 0 Å². The Morgan fingerprint density at radius 2 is 1.94 bits per heavy atom. The molecule has 0 unspecified atom stereocenters. The zero-order chi connectivity index (χ0) is 12.1. The fourth-order valence-electron chi connectivity index (χ4n) is 1.79. The van der Waals surface area contributed by atoms with Gasteiger partial charge in [0.25, 0.3) is 0 Å². The van der Waals surface area contributed by atoms with E-state index in [2.05, 4.69) is 4.90 Å². The molecule has 0 aliphatic rings. The Labute approximate surface area is 96.9 Å². The van der Waals surface area contributed by atoms with Gasteiger partial charge < -0.3 is 20.1 Å². The third-order valence-electron chi connectivity index (χ3n) is 2.64. The summed E-state index contributed by atoms with van der Waals surface area (Å²) in [6, 6.07) is 5.97. The molecule has 1 aromatic rings. The Morgan fingerprint density at radius 3 is 2.38 bits per heavy atom. The first-order valence-corrected chi connectivity index (χ1v) is 5.23. The van der Waals surface area contributed by atoms with Crippen LogP contribution in [0.2, 0.25) is 0 Å². The van der Waals surface area contributed by atoms with Gasteiger partial charge in [-0.25, -0.2) is 0 Å². The van der Waals surface area contributed by atoms with Crippen LogP contribution in [0.3, 0.4) is 0 Å². The zero-order valence-electron chi connectivity index (χ0n) is 10.4. The molecule has 0 spiro atoms. The summed E-state index contributed by atoms with van der Waals surface area (Å²) < 4.78 is 10.7. The highest BCUT2D eigenvalue weighted by Crippen LogP contribution is 2.35. The minimum absolute atomic E-state index is 0.130. The van der Waals surface area contributed by atoms with Crippen LogP contribution in [0.4, 0.5) is 0 Å². The van der Waals surface area contributed by atoms with Gasteiger partial charge in [-0.05, 0) is 20.2 Å². The van der Waals surface area contributed by atoms with Gasteiger partial charge in [-0.15, -0.1) is 0 Å². The second kappa shape index (κ2) is 5.72. The maximum atomic E-state index is 5.78. The molecule has 0 saturated heterocycles. The number of likely N-dealkylation sites (N-methyl/N-ethyl adjacent to an activating group) is 1. The number of rotatable bonds is 5. The van der Waals surface area contributed by atoms with Gasteiger partial charge >= 0.3 is 0 Å². The molecule has 1 rings (SSSR count). The third kappa shape index (κ3) is 2.46. The number of benzene rings is 1. The molecule has 0 amide bonds. The maximum absolute atomic E-state index is 5.78. The van der Waals surface area contributed by atoms with Crippen molar-refractivity contribution in [2.75, 3.05) is 34.9 Å². The monoisotopic (exact) mass is 224 g/mol. The maximum Gasteiger partial charge on any atom is 0.165 e. The van der Waals surface area contributed by atoms with E-state index in [1.807, 2.05) is 32.3 Å². The normalized spacial score (nSPS) is 12.6. The summed E-state index contributed by atoms with van der Waals surface area (Å²) in [4.78, 5) is 2.07. The Morgan fingerprint density at radius 1 is 1.25 bits per heavy atom. The van der Waals surface area contributed by atoms with Crippen LogP contribution in [-0.4, -0.2) is 39.8 Å². The molecule has 4 heteroatoms. The van der Waals surface area contributed by atoms with E-state index in [1.165, 1.54) is 0 Å². The first-order valence-electron chi connectivity index (χ1n) is 5.23. The fourth-order valence-corrected chi connectivity index (χ4v) is 1.79. The molecule has 0 saturated carbocycles. The predicted octanol–water partition coefficient (Wildman–Crippen LogP) is 1.27. The second-order valence-electron chi connectivity index (χ2n) is 3.80. The SMILES string of the molecule is COc1cccc([C@H](CN)N(C)C)c1OC. The lowest BCUT2D eigenvalue weighted by molar-refractivity contribution is 0.288. The van der Waals surface area contributed by atoms with Crippen LogP contribution in [0, 0.1) is 0 Å². The van der Waals surface area contributed by atoms with Crippen LogP contribution in [0.5, 0.6) is 11.5 Å². The molecule has 0 radical (unpaired) electrons. The van der Waals surface area contributed by atoms with Crippen molar-refractivity contribution >= 4 is 0 Å². The van der Waals surface area contributed by atoms with Crippen molar-refractivity contribution in [3.8, 4) is 11.5 Å². The summed E-state index contributed by atoms with van der Waals surface area (Å²) in [5.74, 6) is 1.49. The van der Waals surface area contributed by atoms with Crippen LogP contribution in [0.25, 0.3) is 0 Å². The fraction of sp³-hybridized carbons (Fsp3) is 0.500. The Balaban J connectivity index is 3.20. The highest BCUT2D eigenvalue weighted by Gasteiger charge is 2.19. The average Bonchev–Trinajstić information content (AvgIpc) is 2.29. The van der Waals surface area contributed by atoms with E-state index in [1.54, 1.807) is 14.2 Å². The molecule has 0 aliphatic heterocycles. The number of ether oxygens (including phenoxy) is 2. The Kier molecular flexibility index (Phi) is 4.58. The van der Waals surface area contributed by atoms with Crippen molar-refractivity contribution < 1.29 is 9.47 Å². The summed E-state index contributed by atoms with van der Waals surface area (Å²) in [6.07, 6.45) is 0. The lowest BCUT2D eigenvalue weighted by atomic mass is 10.0. The summed E-state index contributed by atoms with van der Waals surface area (Å²) in [5.41, 5.74) is 6.83. The number of hydrogen-bond acceptors (Lipinski definition) is 4. The molecule has 1 atom stereocenters. The highest BCUT2D eigenvalue weighted by atomic mass is 16.5. The van der Waals surface area contributed by atoms with Crippen molar-refractivity contribution in [2.24, 2.45) is 5.73 Å². The molecule has 4 nitrogen and oxygen atoms in total. The standard InChI is InChI=1S/C12H20N2O2/c1-14(2)10(8-13)9-6-5-7-11(15-3)12(9)16-4/h5-7,10H,8,13H2,1-4H3/t10-/m0/s1. The van der Waals surface area contributed by atoms with Crippen molar-refractivity contribution in [2.45, 2.75) is 6.04 Å². The molecule has 16 heavy (non-hydrogen) atoms. The smallest absolute Gasteiger partial charge is 0.165 e. The quantitative estimate of drug-likeness (QED) is 0.818. The molecular weight excluding hydrogens is 204 g/mol. The minimum Gasteiger partial charge on any atom is -0.493 e. The van der Waals surface area contributed by atoms with E-state index in [-0.39, 0.29) is 6.04 Å². The third-order valence-corrected chi connectivity index (χ3v) is 2.64. The van der Waals surface area contributed by atoms with Crippen LogP contribution < -0.4 is 15.2 Å². The number of para-hydroxylation sites is 1. The van der Waals surface area contributed by atoms with Crippen molar-refractivity contribution in [1.29, 1.82) is 0 Å². The van der Waals surface area contributed by atoms with Gasteiger partial charge in [0.05, 0.1) is 20.3 Å². The van der Waals surface area contributed by atoms with Crippen LogP contribution >= 0.6 is 0 Å². The molecule has 2 N–H and O–H groups in total. The van der Waals surface area contributed by atoms with Gasteiger partial charge in [-0.2, -0.15) is 0 Å². The number of hydrogen-bond donors (Lipinski definition) is 1. The van der Waals surface area contributed by atoms with Crippen LogP contribution in [0.15, 0.2) is 18.2 Å². The van der Waals surface area contributed by atoms with Crippen molar-refractivity contribution in [1.82, 2.24) is 4.90 Å². The zero-order valence-corrected chi connectivity index (χ0v) is 10.4. The van der Waals surface area contributed by atoms with E-state index >= 15 is 0 Å². The molecular formula is C12H20N2O2. The highest BCUT2D eigenvalue weighted by molar-refractivity contribution is 5.48. The van der Waals surface area contributed by atoms with E-state index in [0.717, 1.165) is 17.1 Å². The van der Waals surface area contributed by atoms with Gasteiger partial charge in [-0.1, -0.05) is 12.1 Å². The molecule has 0 bridgehead atoms. The molecule has 1 aromatic carbocycles. The van der Waals surface area contributed by atoms with Crippen molar-refractivity contribution in [3.63, 3.8) is 0 Å². The van der Waals surface area contributed by atoms with Crippen LogP contribution in [0.1, 0.15) is 11.6 Å². The molecule has 0 fully saturated rings. The summed E-state index contributed by atoms with van der Waals surface area (Å²) in [5, 5.41) is 0. The largest absolute Gasteiger partial charge is 0.493 e. The van der Waals surface area contributed by atoms with Crippen molar-refractivity contribution in [3.05, 3.63) is 23.8 Å². The number of nitrogens with zero attached hydrogens (tertiary/aromatic N) is 1. The molecule has 0 aromatic heterocycles. The van der Waals surface area contributed by atoms with E-state index in [9.17, 15) is 0 Å². The van der Waals surface area contributed by atoms with Gasteiger partial charge in [0.1, 0.15) is 0 Å². The van der Waals surface area contributed by atoms with E-state index in [0.29, 0.717) is 6.54 Å². The summed E-state index contributed by atoms with van der Waals surface area (Å²) in [7, 11) is 7.27. The Hall–Kier alpha value is -1.26. The molecule has 0 heterocycles.